The van der Waals surface area contributed by atoms with Crippen LogP contribution in [-0.4, -0.2) is 42.2 Å². The third-order valence-electron chi connectivity index (χ3n) is 6.83. The number of methoxy groups -OCH3 is 1. The predicted octanol–water partition coefficient (Wildman–Crippen LogP) is 5.74. The first kappa shape index (κ1) is 28.2. The number of aromatic nitrogens is 6. The zero-order valence-electron chi connectivity index (χ0n) is 22.6. The van der Waals surface area contributed by atoms with Crippen LogP contribution in [0.4, 0.5) is 8.78 Å². The Morgan fingerprint density at radius 1 is 1.07 bits per heavy atom. The Balaban J connectivity index is 1.53. The van der Waals surface area contributed by atoms with E-state index in [2.05, 4.69) is 15.4 Å². The van der Waals surface area contributed by atoms with Gasteiger partial charge in [0.1, 0.15) is 11.4 Å². The molecule has 5 aromatic rings. The summed E-state index contributed by atoms with van der Waals surface area (Å²) in [7, 11) is 3.28. The molecule has 0 amide bonds. The van der Waals surface area contributed by atoms with Crippen molar-refractivity contribution in [1.29, 1.82) is 0 Å². The summed E-state index contributed by atoms with van der Waals surface area (Å²) in [4.78, 5) is 27.1. The third-order valence-corrected chi connectivity index (χ3v) is 7.06. The van der Waals surface area contributed by atoms with Crippen LogP contribution in [0.2, 0.25) is 5.02 Å². The Labute approximate surface area is 238 Å². The Morgan fingerprint density at radius 2 is 1.88 bits per heavy atom. The zero-order valence-corrected chi connectivity index (χ0v) is 23.3. The summed E-state index contributed by atoms with van der Waals surface area (Å²) in [5.41, 5.74) is 1.91. The maximum atomic E-state index is 13.6. The first-order chi connectivity index (χ1) is 19.7. The van der Waals surface area contributed by atoms with Gasteiger partial charge in [-0.1, -0.05) is 36.2 Å². The molecular weight excluding hydrogens is 554 g/mol. The highest BCUT2D eigenvalue weighted by atomic mass is 35.5. The van der Waals surface area contributed by atoms with E-state index < -0.39 is 23.7 Å². The molecule has 3 heterocycles. The molecule has 0 aliphatic carbocycles. The number of fused-ring (bicyclic) bond motifs is 1. The van der Waals surface area contributed by atoms with Crippen molar-refractivity contribution in [2.75, 3.05) is 7.11 Å². The predicted molar refractivity (Wildman–Crippen MR) is 151 cm³/mol. The highest BCUT2D eigenvalue weighted by Gasteiger charge is 2.24. The Morgan fingerprint density at radius 3 is 2.59 bits per heavy atom. The smallest absolute Gasteiger partial charge is 0.283 e. The highest BCUT2D eigenvalue weighted by molar-refractivity contribution is 6.31. The molecule has 0 saturated heterocycles. The van der Waals surface area contributed by atoms with Crippen molar-refractivity contribution in [2.24, 2.45) is 7.05 Å². The number of Topliss-reactive ketones (excluding diaryl/α,β-unsaturated/α-hetero) is 1. The van der Waals surface area contributed by atoms with Crippen LogP contribution in [0, 0.1) is 0 Å². The summed E-state index contributed by atoms with van der Waals surface area (Å²) in [5.74, 6) is 0.186. The van der Waals surface area contributed by atoms with E-state index in [1.807, 2.05) is 38.4 Å². The minimum Gasteiger partial charge on any atom is -0.495 e. The molecule has 41 heavy (non-hydrogen) atoms. The van der Waals surface area contributed by atoms with Gasteiger partial charge in [-0.15, -0.1) is 5.10 Å². The van der Waals surface area contributed by atoms with E-state index in [1.54, 1.807) is 22.9 Å². The van der Waals surface area contributed by atoms with E-state index in [9.17, 15) is 18.4 Å². The monoisotopic (exact) mass is 580 g/mol. The molecule has 9 nitrogen and oxygen atoms in total. The number of ether oxygens (including phenoxy) is 1. The lowest BCUT2D eigenvalue weighted by molar-refractivity contribution is -0.121. The molecular formula is C29H27ClF2N6O3. The summed E-state index contributed by atoms with van der Waals surface area (Å²) >= 11 is 6.29. The highest BCUT2D eigenvalue weighted by Crippen LogP contribution is 2.36. The molecule has 2 aromatic carbocycles. The van der Waals surface area contributed by atoms with Crippen molar-refractivity contribution >= 4 is 28.3 Å². The Bertz CT molecular complexity index is 1800. The van der Waals surface area contributed by atoms with Crippen LogP contribution in [0.1, 0.15) is 43.5 Å². The second kappa shape index (κ2) is 11.6. The Kier molecular flexibility index (Phi) is 7.98. The number of aryl methyl sites for hydroxylation is 1. The fourth-order valence-corrected chi connectivity index (χ4v) is 5.09. The van der Waals surface area contributed by atoms with Gasteiger partial charge in [-0.3, -0.25) is 14.3 Å². The second-order valence-corrected chi connectivity index (χ2v) is 10.1. The van der Waals surface area contributed by atoms with E-state index in [0.717, 1.165) is 22.7 Å². The lowest BCUT2D eigenvalue weighted by Crippen LogP contribution is -2.30. The van der Waals surface area contributed by atoms with Gasteiger partial charge in [-0.25, -0.2) is 13.5 Å². The molecule has 5 rings (SSSR count). The average Bonchev–Trinajstić information content (AvgIpc) is 3.58. The van der Waals surface area contributed by atoms with Crippen LogP contribution in [-0.2, 0) is 18.3 Å². The van der Waals surface area contributed by atoms with Gasteiger partial charge in [-0.05, 0) is 42.3 Å². The third kappa shape index (κ3) is 5.76. The van der Waals surface area contributed by atoms with Crippen LogP contribution in [0.3, 0.4) is 0 Å². The van der Waals surface area contributed by atoms with Gasteiger partial charge in [0.15, 0.2) is 5.78 Å². The normalized spacial score (nSPS) is 12.3. The van der Waals surface area contributed by atoms with E-state index >= 15 is 0 Å². The molecule has 3 aromatic heterocycles. The molecule has 212 valence electrons. The molecule has 0 unspecified atom stereocenters. The van der Waals surface area contributed by atoms with E-state index in [4.69, 9.17) is 16.3 Å². The van der Waals surface area contributed by atoms with Crippen molar-refractivity contribution in [1.82, 2.24) is 29.3 Å². The lowest BCUT2D eigenvalue weighted by Gasteiger charge is -2.21. The van der Waals surface area contributed by atoms with Crippen LogP contribution >= 0.6 is 11.6 Å². The second-order valence-electron chi connectivity index (χ2n) is 9.69. The van der Waals surface area contributed by atoms with E-state index in [-0.39, 0.29) is 12.2 Å². The van der Waals surface area contributed by atoms with Crippen LogP contribution in [0.15, 0.2) is 65.8 Å². The molecule has 0 radical (unpaired) electrons. The van der Waals surface area contributed by atoms with Crippen molar-refractivity contribution < 1.29 is 18.3 Å². The maximum absolute atomic E-state index is 13.6. The van der Waals surface area contributed by atoms with Gasteiger partial charge in [0.05, 0.1) is 36.7 Å². The fourth-order valence-electron chi connectivity index (χ4n) is 4.92. The van der Waals surface area contributed by atoms with Gasteiger partial charge >= 0.3 is 0 Å². The van der Waals surface area contributed by atoms with Crippen molar-refractivity contribution in [3.05, 3.63) is 87.7 Å². The fraction of sp³-hybridized carbons (Fsp3) is 0.276. The number of nitrogens with zero attached hydrogens (tertiary/aromatic N) is 6. The number of hydrogen-bond donors (Lipinski definition) is 0. The summed E-state index contributed by atoms with van der Waals surface area (Å²) in [6.07, 6.45) is 2.99. The summed E-state index contributed by atoms with van der Waals surface area (Å²) in [6.45, 7) is 1.95. The molecule has 12 heteroatoms. The van der Waals surface area contributed by atoms with Gasteiger partial charge in [0.25, 0.3) is 12.0 Å². The molecule has 0 fully saturated rings. The number of halogens is 3. The number of carbonyl (C=O) groups excluding carboxylic acids is 1. The first-order valence-corrected chi connectivity index (χ1v) is 13.3. The van der Waals surface area contributed by atoms with Crippen LogP contribution in [0.25, 0.3) is 27.7 Å². The van der Waals surface area contributed by atoms with Crippen molar-refractivity contribution in [3.63, 3.8) is 0 Å². The van der Waals surface area contributed by atoms with Crippen LogP contribution < -0.4 is 10.3 Å². The van der Waals surface area contributed by atoms with Gasteiger partial charge in [0.2, 0.25) is 0 Å². The minimum atomic E-state index is -2.79. The molecule has 1 atom stereocenters. The molecule has 0 aliphatic heterocycles. The van der Waals surface area contributed by atoms with Gasteiger partial charge in [0, 0.05) is 47.3 Å². The van der Waals surface area contributed by atoms with Crippen LogP contribution in [0.5, 0.6) is 5.75 Å². The maximum Gasteiger partial charge on any atom is 0.283 e. The zero-order chi connectivity index (χ0) is 29.3. The molecule has 0 bridgehead atoms. The topological polar surface area (TPSA) is 96.8 Å². The van der Waals surface area contributed by atoms with Crippen molar-refractivity contribution in [2.45, 2.75) is 38.7 Å². The number of alkyl halides is 2. The average molecular weight is 581 g/mol. The van der Waals surface area contributed by atoms with Gasteiger partial charge < -0.3 is 9.30 Å². The quantitative estimate of drug-likeness (QED) is 0.209. The Hall–Kier alpha value is -4.38. The number of carbonyl (C=O) groups is 1. The SMILES string of the molecule is CCC[C@@H](C(=O)Cc1ccc2nn(C)cc2c1)n1cc(OC)c(-c2cc(Cl)ccc2-n2cc(C(F)F)nn2)cc1=O. The summed E-state index contributed by atoms with van der Waals surface area (Å²) < 4.78 is 36.3. The summed E-state index contributed by atoms with van der Waals surface area (Å²) in [6, 6.07) is 11.1. The number of rotatable bonds is 10. The first-order valence-electron chi connectivity index (χ1n) is 12.9. The molecule has 0 N–H and O–H groups in total. The molecule has 0 saturated carbocycles. The lowest BCUT2D eigenvalue weighted by atomic mass is 9.98. The molecule has 0 spiro atoms. The number of pyridine rings is 1. The van der Waals surface area contributed by atoms with E-state index in [1.165, 1.54) is 28.6 Å². The number of ketones is 1. The minimum absolute atomic E-state index is 0.113. The molecule has 0 aliphatic rings. The van der Waals surface area contributed by atoms with E-state index in [0.29, 0.717) is 40.4 Å². The summed E-state index contributed by atoms with van der Waals surface area (Å²) in [5, 5.41) is 13.0. The standard InChI is InChI=1S/C29H27ClF2N6O3/c1-4-5-25(26(39)11-17-6-8-22-18(10-17)14-36(2)34-22)37-16-27(41-3)21(13-28(37)40)20-12-19(30)7-9-24(20)38-15-23(29(31)32)33-35-38/h6-10,12-16,25,29H,4-5,11H2,1-3H3/t25-/m0/s1. The van der Waals surface area contributed by atoms with Crippen molar-refractivity contribution in [3.8, 4) is 22.6 Å². The number of benzene rings is 2. The number of hydrogen-bond acceptors (Lipinski definition) is 6. The largest absolute Gasteiger partial charge is 0.495 e. The van der Waals surface area contributed by atoms with Gasteiger partial charge in [-0.2, -0.15) is 5.10 Å².